The number of benzene rings is 4. The van der Waals surface area contributed by atoms with Gasteiger partial charge in [-0.2, -0.15) is 20.5 Å². The maximum Gasteiger partial charge on any atom is 0.0892 e. The predicted octanol–water partition coefficient (Wildman–Crippen LogP) is 14.1. The van der Waals surface area contributed by atoms with E-state index in [1.807, 2.05) is 109 Å². The molecule has 10 heteroatoms. The quantitative estimate of drug-likeness (QED) is 0.0437. The summed E-state index contributed by atoms with van der Waals surface area (Å²) in [6.45, 7) is 8.77. The Balaban J connectivity index is 1.01. The average Bonchev–Trinajstić information content (AvgIpc) is 3.35. The second-order valence-corrected chi connectivity index (χ2v) is 15.8. The maximum absolute atomic E-state index is 9.20. The summed E-state index contributed by atoms with van der Waals surface area (Å²) in [4.78, 5) is 14.0. The standard InChI is InChI=1S/C54H62N8O2/c1-3-5-35-61(37-7-9-39-63)51-27-23-49(24-28-51)59-57-47-19-15-43(16-20-47)11-13-45-31-33-55-53(41-45)54-42-46(32-34-56-54)14-12-44-17-21-48(22-18-44)58-60-50-25-29-52(30-26-50)62(36-6-4-2)38-8-10-40-64/h11-34,41-42,63-64H,3-10,35-40H2,1-2H3/b13-11+,14-12+,59-57?,60-58?. The lowest BCUT2D eigenvalue weighted by Crippen LogP contribution is -2.25. The first kappa shape index (κ1) is 46.9. The van der Waals surface area contributed by atoms with Crippen LogP contribution in [0.25, 0.3) is 35.7 Å². The molecule has 0 aliphatic rings. The second kappa shape index (κ2) is 26.1. The van der Waals surface area contributed by atoms with Crippen molar-refractivity contribution in [3.63, 3.8) is 0 Å². The molecule has 0 aliphatic carbocycles. The highest BCUT2D eigenvalue weighted by molar-refractivity contribution is 5.74. The molecule has 2 N–H and O–H groups in total. The minimum absolute atomic E-state index is 0.234. The summed E-state index contributed by atoms with van der Waals surface area (Å²) >= 11 is 0. The third-order valence-corrected chi connectivity index (χ3v) is 10.8. The zero-order valence-corrected chi connectivity index (χ0v) is 37.4. The molecular weight excluding hydrogens is 793 g/mol. The molecule has 0 unspecified atom stereocenters. The van der Waals surface area contributed by atoms with E-state index in [0.717, 1.165) is 134 Å². The van der Waals surface area contributed by atoms with Crippen LogP contribution in [0.3, 0.4) is 0 Å². The molecule has 0 bridgehead atoms. The van der Waals surface area contributed by atoms with Crippen LogP contribution in [0.1, 0.15) is 87.5 Å². The topological polar surface area (TPSA) is 122 Å². The number of rotatable bonds is 25. The van der Waals surface area contributed by atoms with Crippen LogP contribution in [0.4, 0.5) is 34.1 Å². The smallest absolute Gasteiger partial charge is 0.0892 e. The molecule has 0 amide bonds. The number of unbranched alkanes of at least 4 members (excludes halogenated alkanes) is 4. The highest BCUT2D eigenvalue weighted by atomic mass is 16.3. The third kappa shape index (κ3) is 15.3. The van der Waals surface area contributed by atoms with E-state index < -0.39 is 0 Å². The van der Waals surface area contributed by atoms with Crippen molar-refractivity contribution in [1.82, 2.24) is 9.97 Å². The molecule has 6 aromatic rings. The number of aliphatic hydroxyl groups excluding tert-OH is 2. The Labute approximate surface area is 379 Å². The molecule has 64 heavy (non-hydrogen) atoms. The molecule has 0 spiro atoms. The Morgan fingerprint density at radius 3 is 1.08 bits per heavy atom. The van der Waals surface area contributed by atoms with Crippen LogP contribution in [-0.4, -0.2) is 59.6 Å². The first-order chi connectivity index (χ1) is 31.5. The summed E-state index contributed by atoms with van der Waals surface area (Å²) in [6.07, 6.45) is 20.1. The van der Waals surface area contributed by atoms with Crippen molar-refractivity contribution >= 4 is 58.4 Å². The van der Waals surface area contributed by atoms with Gasteiger partial charge in [-0.3, -0.25) is 9.97 Å². The molecule has 0 aliphatic heterocycles. The molecule has 330 valence electrons. The van der Waals surface area contributed by atoms with E-state index in [9.17, 15) is 10.2 Å². The molecule has 6 rings (SSSR count). The van der Waals surface area contributed by atoms with E-state index >= 15 is 0 Å². The summed E-state index contributed by atoms with van der Waals surface area (Å²) < 4.78 is 0. The molecule has 0 saturated heterocycles. The van der Waals surface area contributed by atoms with E-state index in [2.05, 4.69) is 103 Å². The van der Waals surface area contributed by atoms with Gasteiger partial charge in [0.15, 0.2) is 0 Å². The Bertz CT molecular complexity index is 2220. The molecule has 10 nitrogen and oxygen atoms in total. The van der Waals surface area contributed by atoms with Crippen LogP contribution in [-0.2, 0) is 0 Å². The SMILES string of the molecule is CCCCN(CCCCO)c1ccc(N=Nc2ccc(/C=C/c3ccnc(-c4cc(/C=C/c5ccc(N=Nc6ccc(N(CCCC)CCCCO)cc6)cc5)ccn4)c3)cc2)cc1. The summed E-state index contributed by atoms with van der Waals surface area (Å²) in [5.41, 5.74) is 11.3. The highest BCUT2D eigenvalue weighted by Crippen LogP contribution is 2.26. The Morgan fingerprint density at radius 2 is 0.734 bits per heavy atom. The van der Waals surface area contributed by atoms with E-state index in [1.165, 1.54) is 11.4 Å². The molecule has 4 aromatic carbocycles. The minimum atomic E-state index is 0.234. The Morgan fingerprint density at radius 1 is 0.406 bits per heavy atom. The van der Waals surface area contributed by atoms with Gasteiger partial charge in [-0.05, 0) is 158 Å². The summed E-state index contributed by atoms with van der Waals surface area (Å²) in [5.74, 6) is 0. The number of aliphatic hydroxyl groups is 2. The fraction of sp³-hybridized carbons (Fsp3) is 0.296. The molecule has 2 aromatic heterocycles. The van der Waals surface area contributed by atoms with Gasteiger partial charge in [0.2, 0.25) is 0 Å². The lowest BCUT2D eigenvalue weighted by Gasteiger charge is -2.24. The van der Waals surface area contributed by atoms with Gasteiger partial charge in [0, 0.05) is 63.2 Å². The van der Waals surface area contributed by atoms with Crippen LogP contribution in [0.5, 0.6) is 0 Å². The lowest BCUT2D eigenvalue weighted by atomic mass is 10.1. The van der Waals surface area contributed by atoms with Crippen LogP contribution >= 0.6 is 0 Å². The van der Waals surface area contributed by atoms with E-state index in [-0.39, 0.29) is 13.2 Å². The molecular formula is C54H62N8O2. The van der Waals surface area contributed by atoms with E-state index in [1.54, 1.807) is 0 Å². The largest absolute Gasteiger partial charge is 0.396 e. The monoisotopic (exact) mass is 854 g/mol. The van der Waals surface area contributed by atoms with Gasteiger partial charge < -0.3 is 20.0 Å². The van der Waals surface area contributed by atoms with Crippen molar-refractivity contribution in [3.8, 4) is 11.4 Å². The maximum atomic E-state index is 9.20. The number of hydrogen-bond donors (Lipinski definition) is 2. The minimum Gasteiger partial charge on any atom is -0.396 e. The highest BCUT2D eigenvalue weighted by Gasteiger charge is 2.08. The molecule has 0 radical (unpaired) electrons. The second-order valence-electron chi connectivity index (χ2n) is 15.8. The normalized spacial score (nSPS) is 11.8. The van der Waals surface area contributed by atoms with Gasteiger partial charge in [0.25, 0.3) is 0 Å². The Kier molecular flexibility index (Phi) is 19.1. The van der Waals surface area contributed by atoms with Crippen molar-refractivity contribution in [2.24, 2.45) is 20.5 Å². The van der Waals surface area contributed by atoms with Crippen molar-refractivity contribution in [3.05, 3.63) is 156 Å². The van der Waals surface area contributed by atoms with E-state index in [4.69, 9.17) is 0 Å². The van der Waals surface area contributed by atoms with Gasteiger partial charge in [0.1, 0.15) is 0 Å². The van der Waals surface area contributed by atoms with Crippen LogP contribution in [0.15, 0.2) is 154 Å². The fourth-order valence-corrected chi connectivity index (χ4v) is 7.03. The van der Waals surface area contributed by atoms with Gasteiger partial charge in [-0.15, -0.1) is 0 Å². The third-order valence-electron chi connectivity index (χ3n) is 10.8. The van der Waals surface area contributed by atoms with E-state index in [0.29, 0.717) is 0 Å². The number of aromatic nitrogens is 2. The van der Waals surface area contributed by atoms with Crippen LogP contribution < -0.4 is 9.80 Å². The number of azo groups is 2. The molecule has 0 atom stereocenters. The molecule has 0 fully saturated rings. The predicted molar refractivity (Wildman–Crippen MR) is 266 cm³/mol. The first-order valence-electron chi connectivity index (χ1n) is 22.8. The van der Waals surface area contributed by atoms with Crippen molar-refractivity contribution < 1.29 is 10.2 Å². The number of nitrogens with zero attached hydrogens (tertiary/aromatic N) is 8. The molecule has 2 heterocycles. The van der Waals surface area contributed by atoms with Crippen molar-refractivity contribution in [1.29, 1.82) is 0 Å². The van der Waals surface area contributed by atoms with Crippen molar-refractivity contribution in [2.75, 3.05) is 49.2 Å². The zero-order chi connectivity index (χ0) is 44.6. The fourth-order valence-electron chi connectivity index (χ4n) is 7.03. The van der Waals surface area contributed by atoms with Gasteiger partial charge >= 0.3 is 0 Å². The summed E-state index contributed by atoms with van der Waals surface area (Å²) in [6, 6.07) is 40.6. The number of pyridine rings is 2. The number of hydrogen-bond acceptors (Lipinski definition) is 10. The van der Waals surface area contributed by atoms with Crippen LogP contribution in [0.2, 0.25) is 0 Å². The van der Waals surface area contributed by atoms with Gasteiger partial charge in [-0.25, -0.2) is 0 Å². The lowest BCUT2D eigenvalue weighted by molar-refractivity contribution is 0.284. The average molecular weight is 855 g/mol. The van der Waals surface area contributed by atoms with Crippen LogP contribution in [0, 0.1) is 0 Å². The van der Waals surface area contributed by atoms with Gasteiger partial charge in [0.05, 0.1) is 34.1 Å². The summed E-state index contributed by atoms with van der Waals surface area (Å²) in [5, 5.41) is 36.3. The van der Waals surface area contributed by atoms with Gasteiger partial charge in [-0.1, -0.05) is 75.3 Å². The first-order valence-corrected chi connectivity index (χ1v) is 22.8. The zero-order valence-electron chi connectivity index (χ0n) is 37.4. The number of anilines is 2. The van der Waals surface area contributed by atoms with Crippen molar-refractivity contribution in [2.45, 2.75) is 65.2 Å². The molecule has 0 saturated carbocycles. The summed E-state index contributed by atoms with van der Waals surface area (Å²) in [7, 11) is 0. The Hall–Kier alpha value is -6.62.